The van der Waals surface area contributed by atoms with E-state index < -0.39 is 36.4 Å². The van der Waals surface area contributed by atoms with Gasteiger partial charge in [-0.25, -0.2) is 0 Å². The van der Waals surface area contributed by atoms with Crippen LogP contribution in [0.4, 0.5) is 0 Å². The molecule has 32 heavy (non-hydrogen) atoms. The Labute approximate surface area is 200 Å². The average molecular weight is 503 g/mol. The minimum absolute atomic E-state index is 0.0775. The highest BCUT2D eigenvalue weighted by Gasteiger charge is 2.49. The molecule has 1 aliphatic heterocycles. The van der Waals surface area contributed by atoms with Gasteiger partial charge in [0.05, 0.1) is 25.5 Å². The van der Waals surface area contributed by atoms with Gasteiger partial charge in [-0.2, -0.15) is 0 Å². The van der Waals surface area contributed by atoms with Crippen molar-refractivity contribution in [2.45, 2.75) is 38.8 Å². The number of hydrogen-bond donors (Lipinski definition) is 2. The first kappa shape index (κ1) is 26.0. The van der Waals surface area contributed by atoms with Gasteiger partial charge in [0.15, 0.2) is 0 Å². The quantitative estimate of drug-likeness (QED) is 0.271. The fourth-order valence-electron chi connectivity index (χ4n) is 3.23. The Morgan fingerprint density at radius 2 is 2.03 bits per heavy atom. The van der Waals surface area contributed by atoms with Gasteiger partial charge in [-0.3, -0.25) is 19.2 Å². The van der Waals surface area contributed by atoms with Crippen molar-refractivity contribution in [2.75, 3.05) is 18.9 Å². The lowest BCUT2D eigenvalue weighted by Crippen LogP contribution is -2.71. The molecule has 1 fully saturated rings. The molecule has 174 valence electrons. The molecule has 1 heterocycles. The number of hydrogen-bond acceptors (Lipinski definition) is 6. The topological polar surface area (TPSA) is 113 Å². The Morgan fingerprint density at radius 1 is 1.31 bits per heavy atom. The lowest BCUT2D eigenvalue weighted by atomic mass is 9.89. The van der Waals surface area contributed by atoms with Crippen molar-refractivity contribution >= 4 is 58.7 Å². The molecule has 1 aromatic carbocycles. The van der Waals surface area contributed by atoms with E-state index in [4.69, 9.17) is 33.0 Å². The molecule has 0 bridgehead atoms. The number of esters is 1. The SMILES string of the molecule is CCOC(=O)CCSC=C(C)C1C(NC(=O)Cc2cc(Cl)ccc2Cl)C(=O)N1CC(=O)O. The summed E-state index contributed by atoms with van der Waals surface area (Å²) in [7, 11) is 0. The monoisotopic (exact) mass is 502 g/mol. The zero-order valence-corrected chi connectivity index (χ0v) is 19.9. The second-order valence-electron chi connectivity index (χ2n) is 7.05. The highest BCUT2D eigenvalue weighted by atomic mass is 35.5. The third kappa shape index (κ3) is 7.15. The molecule has 2 atom stereocenters. The van der Waals surface area contributed by atoms with Gasteiger partial charge >= 0.3 is 11.9 Å². The second-order valence-corrected chi connectivity index (χ2v) is 8.87. The van der Waals surface area contributed by atoms with Crippen LogP contribution in [0.5, 0.6) is 0 Å². The second kappa shape index (κ2) is 12.1. The molecule has 1 saturated heterocycles. The summed E-state index contributed by atoms with van der Waals surface area (Å²) in [4.78, 5) is 48.9. The van der Waals surface area contributed by atoms with Crippen LogP contribution in [0.15, 0.2) is 29.2 Å². The number of ether oxygens (including phenoxy) is 1. The molecule has 2 unspecified atom stereocenters. The number of rotatable bonds is 11. The van der Waals surface area contributed by atoms with Gasteiger partial charge in [0.2, 0.25) is 11.8 Å². The fourth-order valence-corrected chi connectivity index (χ4v) is 4.42. The predicted molar refractivity (Wildman–Crippen MR) is 123 cm³/mol. The molecule has 0 radical (unpaired) electrons. The molecule has 2 N–H and O–H groups in total. The molecule has 2 amide bonds. The summed E-state index contributed by atoms with van der Waals surface area (Å²) in [6.07, 6.45) is 0.150. The van der Waals surface area contributed by atoms with Crippen molar-refractivity contribution in [1.29, 1.82) is 0 Å². The Balaban J connectivity index is 2.05. The number of nitrogens with zero attached hydrogens (tertiary/aromatic N) is 1. The van der Waals surface area contributed by atoms with Crippen molar-refractivity contribution in [2.24, 2.45) is 0 Å². The first-order chi connectivity index (χ1) is 15.1. The minimum atomic E-state index is -1.15. The lowest BCUT2D eigenvalue weighted by Gasteiger charge is -2.47. The molecule has 11 heteroatoms. The zero-order chi connectivity index (χ0) is 23.8. The van der Waals surface area contributed by atoms with E-state index in [0.717, 1.165) is 0 Å². The number of amides is 2. The van der Waals surface area contributed by atoms with Crippen molar-refractivity contribution < 1.29 is 29.0 Å². The van der Waals surface area contributed by atoms with Crippen LogP contribution in [0.25, 0.3) is 0 Å². The number of carboxylic acid groups (broad SMARTS) is 1. The van der Waals surface area contributed by atoms with Gasteiger partial charge in [-0.1, -0.05) is 23.2 Å². The van der Waals surface area contributed by atoms with Crippen LogP contribution < -0.4 is 5.32 Å². The lowest BCUT2D eigenvalue weighted by molar-refractivity contribution is -0.157. The van der Waals surface area contributed by atoms with E-state index in [1.165, 1.54) is 16.7 Å². The fraction of sp³-hybridized carbons (Fsp3) is 0.429. The third-order valence-electron chi connectivity index (χ3n) is 4.65. The van der Waals surface area contributed by atoms with Crippen LogP contribution in [0.1, 0.15) is 25.8 Å². The first-order valence-corrected chi connectivity index (χ1v) is 11.6. The Bertz CT molecular complexity index is 924. The van der Waals surface area contributed by atoms with Gasteiger partial charge in [0.25, 0.3) is 0 Å². The molecule has 1 aromatic rings. The maximum Gasteiger partial charge on any atom is 0.323 e. The van der Waals surface area contributed by atoms with Gasteiger partial charge < -0.3 is 20.1 Å². The van der Waals surface area contributed by atoms with E-state index in [9.17, 15) is 19.2 Å². The van der Waals surface area contributed by atoms with Gasteiger partial charge in [0.1, 0.15) is 12.6 Å². The molecule has 0 aliphatic carbocycles. The molecule has 2 rings (SSSR count). The summed E-state index contributed by atoms with van der Waals surface area (Å²) < 4.78 is 4.87. The van der Waals surface area contributed by atoms with Crippen molar-refractivity contribution in [1.82, 2.24) is 10.2 Å². The van der Waals surface area contributed by atoms with Crippen molar-refractivity contribution in [3.8, 4) is 0 Å². The molecule has 0 spiro atoms. The largest absolute Gasteiger partial charge is 0.480 e. The number of β-lactam (4-membered cyclic amide) rings is 1. The van der Waals surface area contributed by atoms with Crippen LogP contribution in [-0.4, -0.2) is 64.7 Å². The van der Waals surface area contributed by atoms with E-state index in [1.807, 2.05) is 0 Å². The summed E-state index contributed by atoms with van der Waals surface area (Å²) in [6.45, 7) is 3.31. The molecule has 0 saturated carbocycles. The van der Waals surface area contributed by atoms with Crippen molar-refractivity contribution in [3.05, 3.63) is 44.8 Å². The number of benzene rings is 1. The Hall–Kier alpha value is -2.23. The Kier molecular flexibility index (Phi) is 9.86. The maximum absolute atomic E-state index is 12.5. The van der Waals surface area contributed by atoms with Crippen molar-refractivity contribution in [3.63, 3.8) is 0 Å². The number of carbonyl (C=O) groups is 4. The van der Waals surface area contributed by atoms with E-state index in [2.05, 4.69) is 5.32 Å². The number of thioether (sulfide) groups is 1. The molecule has 0 aromatic heterocycles. The molecular formula is C21H24Cl2N2O6S. The normalized spacial score (nSPS) is 18.2. The number of halogens is 2. The van der Waals surface area contributed by atoms with Crippen LogP contribution in [0.3, 0.4) is 0 Å². The van der Waals surface area contributed by atoms with Crippen LogP contribution in [0.2, 0.25) is 10.0 Å². The highest BCUT2D eigenvalue weighted by Crippen LogP contribution is 2.28. The van der Waals surface area contributed by atoms with E-state index in [-0.39, 0.29) is 18.8 Å². The summed E-state index contributed by atoms with van der Waals surface area (Å²) >= 11 is 13.4. The van der Waals surface area contributed by atoms with E-state index in [0.29, 0.717) is 33.5 Å². The molecule has 8 nitrogen and oxygen atoms in total. The third-order valence-corrected chi connectivity index (χ3v) is 6.23. The average Bonchev–Trinajstić information content (AvgIpc) is 2.72. The van der Waals surface area contributed by atoms with Gasteiger partial charge in [-0.05, 0) is 48.6 Å². The number of carbonyl (C=O) groups excluding carboxylic acids is 3. The highest BCUT2D eigenvalue weighted by molar-refractivity contribution is 8.02. The molecular weight excluding hydrogens is 479 g/mol. The zero-order valence-electron chi connectivity index (χ0n) is 17.6. The van der Waals surface area contributed by atoms with E-state index >= 15 is 0 Å². The van der Waals surface area contributed by atoms with Gasteiger partial charge in [-0.15, -0.1) is 11.8 Å². The van der Waals surface area contributed by atoms with Crippen LogP contribution in [-0.2, 0) is 30.3 Å². The summed E-state index contributed by atoms with van der Waals surface area (Å²) in [5.41, 5.74) is 1.22. The predicted octanol–water partition coefficient (Wildman–Crippen LogP) is 2.91. The number of aliphatic carboxylic acids is 1. The first-order valence-electron chi connectivity index (χ1n) is 9.83. The summed E-state index contributed by atoms with van der Waals surface area (Å²) in [6, 6.07) is 3.27. The maximum atomic E-state index is 12.5. The standard InChI is InChI=1S/C21H24Cl2N2O6S/c1-3-31-18(29)6-7-32-11-12(2)20-19(21(30)25(20)10-17(27)28)24-16(26)9-13-8-14(22)4-5-15(13)23/h4-5,8,11,19-20H,3,6-7,9-10H2,1-2H3,(H,24,26)(H,27,28). The number of carboxylic acids is 1. The van der Waals surface area contributed by atoms with E-state index in [1.54, 1.807) is 37.5 Å². The van der Waals surface area contributed by atoms with Crippen LogP contribution >= 0.6 is 35.0 Å². The summed E-state index contributed by atoms with van der Waals surface area (Å²) in [5, 5.41) is 14.4. The smallest absolute Gasteiger partial charge is 0.323 e. The number of nitrogens with one attached hydrogen (secondary N) is 1. The number of likely N-dealkylation sites (tertiary alicyclic amines) is 1. The minimum Gasteiger partial charge on any atom is -0.480 e. The summed E-state index contributed by atoms with van der Waals surface area (Å²) in [5.74, 6) is -1.90. The van der Waals surface area contributed by atoms with Gasteiger partial charge in [0, 0.05) is 15.8 Å². The molecule has 1 aliphatic rings. The van der Waals surface area contributed by atoms with Crippen LogP contribution in [0, 0.1) is 0 Å². The Morgan fingerprint density at radius 3 is 2.69 bits per heavy atom.